The first-order chi connectivity index (χ1) is 9.69. The van der Waals surface area contributed by atoms with Gasteiger partial charge in [-0.05, 0) is 43.5 Å². The van der Waals surface area contributed by atoms with Crippen LogP contribution in [0.5, 0.6) is 5.75 Å². The average Bonchev–Trinajstić information content (AvgIpc) is 2.46. The van der Waals surface area contributed by atoms with Gasteiger partial charge in [-0.25, -0.2) is 4.79 Å². The molecule has 1 heterocycles. The Morgan fingerprint density at radius 3 is 2.75 bits per heavy atom. The molecule has 0 aliphatic carbocycles. The van der Waals surface area contributed by atoms with Crippen molar-refractivity contribution in [1.82, 2.24) is 4.90 Å². The molecule has 2 rings (SSSR count). The SMILES string of the molecule is CCOC(=O)N1CCc2cc(CO)c(OCC)cc2C1. The van der Waals surface area contributed by atoms with Gasteiger partial charge in [-0.2, -0.15) is 0 Å². The van der Waals surface area contributed by atoms with Gasteiger partial charge in [0.1, 0.15) is 5.75 Å². The molecule has 5 nitrogen and oxygen atoms in total. The normalized spacial score (nSPS) is 13.8. The lowest BCUT2D eigenvalue weighted by Gasteiger charge is -2.29. The zero-order valence-electron chi connectivity index (χ0n) is 12.0. The van der Waals surface area contributed by atoms with Crippen LogP contribution in [0.1, 0.15) is 30.5 Å². The Bertz CT molecular complexity index is 487. The van der Waals surface area contributed by atoms with Gasteiger partial charge in [-0.3, -0.25) is 0 Å². The van der Waals surface area contributed by atoms with Crippen molar-refractivity contribution in [2.24, 2.45) is 0 Å². The molecule has 1 aliphatic rings. The fourth-order valence-electron chi connectivity index (χ4n) is 2.42. The molecule has 110 valence electrons. The minimum Gasteiger partial charge on any atom is -0.493 e. The van der Waals surface area contributed by atoms with Crippen LogP contribution in [0.2, 0.25) is 0 Å². The maximum absolute atomic E-state index is 11.8. The second kappa shape index (κ2) is 6.61. The van der Waals surface area contributed by atoms with Crippen molar-refractivity contribution in [3.63, 3.8) is 0 Å². The van der Waals surface area contributed by atoms with Gasteiger partial charge in [0, 0.05) is 18.7 Å². The third-order valence-corrected chi connectivity index (χ3v) is 3.39. The summed E-state index contributed by atoms with van der Waals surface area (Å²) in [6.07, 6.45) is 0.496. The van der Waals surface area contributed by atoms with Crippen LogP contribution in [0, 0.1) is 0 Å². The van der Waals surface area contributed by atoms with E-state index in [9.17, 15) is 9.90 Å². The van der Waals surface area contributed by atoms with Crippen LogP contribution in [-0.2, 0) is 24.3 Å². The van der Waals surface area contributed by atoms with E-state index in [-0.39, 0.29) is 12.7 Å². The molecule has 1 amide bonds. The molecule has 0 unspecified atom stereocenters. The first-order valence-corrected chi connectivity index (χ1v) is 6.99. The van der Waals surface area contributed by atoms with Gasteiger partial charge in [0.05, 0.1) is 19.8 Å². The number of fused-ring (bicyclic) bond motifs is 1. The molecule has 0 saturated carbocycles. The average molecular weight is 279 g/mol. The Hall–Kier alpha value is -1.75. The molecule has 1 aromatic rings. The molecule has 0 saturated heterocycles. The Morgan fingerprint density at radius 2 is 2.10 bits per heavy atom. The lowest BCUT2D eigenvalue weighted by Crippen LogP contribution is -2.36. The number of nitrogens with zero attached hydrogens (tertiary/aromatic N) is 1. The molecule has 1 N–H and O–H groups in total. The predicted molar refractivity (Wildman–Crippen MR) is 74.7 cm³/mol. The van der Waals surface area contributed by atoms with Crippen LogP contribution in [0.15, 0.2) is 12.1 Å². The predicted octanol–water partition coefficient (Wildman–Crippen LogP) is 2.09. The van der Waals surface area contributed by atoms with Gasteiger partial charge in [0.25, 0.3) is 0 Å². The minimum atomic E-state index is -0.276. The fourth-order valence-corrected chi connectivity index (χ4v) is 2.42. The van der Waals surface area contributed by atoms with Gasteiger partial charge in [-0.1, -0.05) is 0 Å². The molecule has 1 aromatic carbocycles. The number of aliphatic hydroxyl groups is 1. The molecule has 0 aromatic heterocycles. The summed E-state index contributed by atoms with van der Waals surface area (Å²) in [4.78, 5) is 13.5. The summed E-state index contributed by atoms with van der Waals surface area (Å²) in [5, 5.41) is 9.39. The molecule has 0 radical (unpaired) electrons. The lowest BCUT2D eigenvalue weighted by molar-refractivity contribution is 0.102. The highest BCUT2D eigenvalue weighted by Gasteiger charge is 2.23. The van der Waals surface area contributed by atoms with E-state index in [1.54, 1.807) is 11.8 Å². The fraction of sp³-hybridized carbons (Fsp3) is 0.533. The maximum Gasteiger partial charge on any atom is 0.410 e. The third-order valence-electron chi connectivity index (χ3n) is 3.39. The summed E-state index contributed by atoms with van der Waals surface area (Å²) in [6.45, 7) is 5.78. The smallest absolute Gasteiger partial charge is 0.410 e. The molecule has 0 fully saturated rings. The first kappa shape index (κ1) is 14.7. The number of benzene rings is 1. The van der Waals surface area contributed by atoms with E-state index in [0.29, 0.717) is 32.1 Å². The van der Waals surface area contributed by atoms with Crippen LogP contribution in [0.4, 0.5) is 4.79 Å². The molecule has 5 heteroatoms. The molecule has 20 heavy (non-hydrogen) atoms. The van der Waals surface area contributed by atoms with E-state index >= 15 is 0 Å². The summed E-state index contributed by atoms with van der Waals surface area (Å²) in [7, 11) is 0. The number of rotatable bonds is 4. The van der Waals surface area contributed by atoms with E-state index in [1.165, 1.54) is 0 Å². The topological polar surface area (TPSA) is 59.0 Å². The quantitative estimate of drug-likeness (QED) is 0.917. The van der Waals surface area contributed by atoms with Gasteiger partial charge < -0.3 is 19.5 Å². The van der Waals surface area contributed by atoms with E-state index in [0.717, 1.165) is 23.1 Å². The van der Waals surface area contributed by atoms with Crippen molar-refractivity contribution < 1.29 is 19.4 Å². The summed E-state index contributed by atoms with van der Waals surface area (Å²) in [5.74, 6) is 0.694. The number of hydrogen-bond acceptors (Lipinski definition) is 4. The number of ether oxygens (including phenoxy) is 2. The van der Waals surface area contributed by atoms with E-state index in [1.807, 2.05) is 19.1 Å². The summed E-state index contributed by atoms with van der Waals surface area (Å²) >= 11 is 0. The first-order valence-electron chi connectivity index (χ1n) is 6.99. The summed E-state index contributed by atoms with van der Waals surface area (Å²) in [6, 6.07) is 3.90. The number of carbonyl (C=O) groups excluding carboxylic acids is 1. The highest BCUT2D eigenvalue weighted by molar-refractivity contribution is 5.68. The van der Waals surface area contributed by atoms with Crippen molar-refractivity contribution in [3.8, 4) is 5.75 Å². The van der Waals surface area contributed by atoms with E-state index in [2.05, 4.69) is 0 Å². The maximum atomic E-state index is 11.8. The minimum absolute atomic E-state index is 0.0375. The van der Waals surface area contributed by atoms with Crippen LogP contribution in [-0.4, -0.2) is 35.9 Å². The van der Waals surface area contributed by atoms with Crippen molar-refractivity contribution in [2.45, 2.75) is 33.4 Å². The Kier molecular flexibility index (Phi) is 4.84. The molecule has 0 bridgehead atoms. The largest absolute Gasteiger partial charge is 0.493 e. The number of carbonyl (C=O) groups is 1. The van der Waals surface area contributed by atoms with Crippen LogP contribution < -0.4 is 4.74 Å². The molecular weight excluding hydrogens is 258 g/mol. The van der Waals surface area contributed by atoms with Gasteiger partial charge in [-0.15, -0.1) is 0 Å². The van der Waals surface area contributed by atoms with Crippen LogP contribution >= 0.6 is 0 Å². The third kappa shape index (κ3) is 3.04. The second-order valence-corrected chi connectivity index (χ2v) is 4.69. The Labute approximate surface area is 119 Å². The standard InChI is InChI=1S/C15H21NO4/c1-3-19-14-8-12-9-16(15(18)20-4-2)6-5-11(12)7-13(14)10-17/h7-8,17H,3-6,9-10H2,1-2H3. The molecular formula is C15H21NO4. The van der Waals surface area contributed by atoms with Crippen molar-refractivity contribution >= 4 is 6.09 Å². The van der Waals surface area contributed by atoms with Gasteiger partial charge in [0.15, 0.2) is 0 Å². The van der Waals surface area contributed by atoms with Crippen molar-refractivity contribution in [1.29, 1.82) is 0 Å². The summed E-state index contributed by atoms with van der Waals surface area (Å²) < 4.78 is 10.6. The molecule has 0 spiro atoms. The number of amides is 1. The van der Waals surface area contributed by atoms with Crippen LogP contribution in [0.3, 0.4) is 0 Å². The highest BCUT2D eigenvalue weighted by Crippen LogP contribution is 2.28. The Morgan fingerprint density at radius 1 is 1.30 bits per heavy atom. The van der Waals surface area contributed by atoms with Crippen molar-refractivity contribution in [3.05, 3.63) is 28.8 Å². The van der Waals surface area contributed by atoms with Crippen LogP contribution in [0.25, 0.3) is 0 Å². The zero-order chi connectivity index (χ0) is 14.5. The second-order valence-electron chi connectivity index (χ2n) is 4.69. The van der Waals surface area contributed by atoms with Gasteiger partial charge >= 0.3 is 6.09 Å². The lowest BCUT2D eigenvalue weighted by atomic mass is 9.97. The number of aliphatic hydroxyl groups excluding tert-OH is 1. The van der Waals surface area contributed by atoms with Crippen molar-refractivity contribution in [2.75, 3.05) is 19.8 Å². The van der Waals surface area contributed by atoms with Gasteiger partial charge in [0.2, 0.25) is 0 Å². The monoisotopic (exact) mass is 279 g/mol. The Balaban J connectivity index is 2.22. The zero-order valence-corrected chi connectivity index (χ0v) is 12.0. The molecule has 1 aliphatic heterocycles. The summed E-state index contributed by atoms with van der Waals surface area (Å²) in [5.41, 5.74) is 3.03. The highest BCUT2D eigenvalue weighted by atomic mass is 16.6. The number of hydrogen-bond donors (Lipinski definition) is 1. The van der Waals surface area contributed by atoms with E-state index < -0.39 is 0 Å². The molecule has 0 atom stereocenters. The van der Waals surface area contributed by atoms with E-state index in [4.69, 9.17) is 9.47 Å².